The van der Waals surface area contributed by atoms with Crippen LogP contribution in [0.25, 0.3) is 0 Å². The minimum absolute atomic E-state index is 0.0567. The number of nitrogens with zero attached hydrogens (tertiary/aromatic N) is 5. The standard InChI is InChI=1S/C21H24N6O2/c1-2-28-17-8-3-4-9-18(17)29-16-7-5-12-27(15-16)20-14-22-13-19(25-20)26-21-23-10-6-11-24-21/h3-4,6,8-11,13-14,16H,2,5,7,12,15H2,1H3,(H,23,24,25,26)/t16-/m1/s1. The Kier molecular flexibility index (Phi) is 5.99. The number of nitrogens with one attached hydrogen (secondary N) is 1. The highest BCUT2D eigenvalue weighted by atomic mass is 16.5. The minimum Gasteiger partial charge on any atom is -0.490 e. The lowest BCUT2D eigenvalue weighted by molar-refractivity contribution is 0.170. The van der Waals surface area contributed by atoms with Crippen LogP contribution in [0, 0.1) is 0 Å². The van der Waals surface area contributed by atoms with Crippen LogP contribution in [0.15, 0.2) is 55.1 Å². The Bertz CT molecular complexity index is 924. The van der Waals surface area contributed by atoms with Crippen molar-refractivity contribution in [2.24, 2.45) is 0 Å². The van der Waals surface area contributed by atoms with Gasteiger partial charge in [-0.15, -0.1) is 0 Å². The number of piperidine rings is 1. The second kappa shape index (κ2) is 9.18. The lowest BCUT2D eigenvalue weighted by atomic mass is 10.1. The topological polar surface area (TPSA) is 85.3 Å². The van der Waals surface area contributed by atoms with Gasteiger partial charge in [0, 0.05) is 18.9 Å². The summed E-state index contributed by atoms with van der Waals surface area (Å²) in [6.45, 7) is 4.23. The average molecular weight is 392 g/mol. The van der Waals surface area contributed by atoms with Gasteiger partial charge in [-0.3, -0.25) is 4.98 Å². The molecule has 2 aromatic heterocycles. The van der Waals surface area contributed by atoms with E-state index in [1.807, 2.05) is 31.2 Å². The van der Waals surface area contributed by atoms with E-state index in [1.54, 1.807) is 30.9 Å². The second-order valence-electron chi connectivity index (χ2n) is 6.67. The number of aromatic nitrogens is 4. The van der Waals surface area contributed by atoms with Crippen LogP contribution in [0.1, 0.15) is 19.8 Å². The molecule has 1 aromatic carbocycles. The first kappa shape index (κ1) is 18.9. The number of para-hydroxylation sites is 2. The van der Waals surface area contributed by atoms with Gasteiger partial charge in [-0.25, -0.2) is 15.0 Å². The summed E-state index contributed by atoms with van der Waals surface area (Å²) >= 11 is 0. The Balaban J connectivity index is 1.44. The monoisotopic (exact) mass is 392 g/mol. The third-order valence-corrected chi connectivity index (χ3v) is 4.57. The summed E-state index contributed by atoms with van der Waals surface area (Å²) in [5.74, 6) is 3.46. The molecule has 1 aliphatic heterocycles. The molecule has 1 saturated heterocycles. The highest BCUT2D eigenvalue weighted by Crippen LogP contribution is 2.30. The molecule has 0 aliphatic carbocycles. The molecule has 150 valence electrons. The molecule has 1 aliphatic rings. The summed E-state index contributed by atoms with van der Waals surface area (Å²) in [7, 11) is 0. The SMILES string of the molecule is CCOc1ccccc1O[C@@H]1CCCN(c2cncc(Nc3ncccn3)n2)C1. The average Bonchev–Trinajstić information content (AvgIpc) is 2.76. The van der Waals surface area contributed by atoms with E-state index in [9.17, 15) is 0 Å². The van der Waals surface area contributed by atoms with Crippen LogP contribution >= 0.6 is 0 Å². The lowest BCUT2D eigenvalue weighted by Gasteiger charge is -2.33. The van der Waals surface area contributed by atoms with Crippen LogP contribution < -0.4 is 19.7 Å². The zero-order valence-electron chi connectivity index (χ0n) is 16.4. The second-order valence-corrected chi connectivity index (χ2v) is 6.67. The molecule has 1 atom stereocenters. The minimum atomic E-state index is 0.0567. The van der Waals surface area contributed by atoms with Crippen molar-refractivity contribution in [3.63, 3.8) is 0 Å². The predicted molar refractivity (Wildman–Crippen MR) is 111 cm³/mol. The van der Waals surface area contributed by atoms with Crippen molar-refractivity contribution in [2.45, 2.75) is 25.9 Å². The van der Waals surface area contributed by atoms with E-state index in [2.05, 4.69) is 30.2 Å². The van der Waals surface area contributed by atoms with E-state index in [0.717, 1.165) is 43.2 Å². The fourth-order valence-electron chi connectivity index (χ4n) is 3.29. The number of rotatable bonds is 7. The van der Waals surface area contributed by atoms with Gasteiger partial charge in [-0.2, -0.15) is 0 Å². The number of ether oxygens (including phenoxy) is 2. The molecular weight excluding hydrogens is 368 g/mol. The van der Waals surface area contributed by atoms with Gasteiger partial charge in [0.25, 0.3) is 0 Å². The normalized spacial score (nSPS) is 16.3. The summed E-state index contributed by atoms with van der Waals surface area (Å²) in [6, 6.07) is 9.57. The van der Waals surface area contributed by atoms with Crippen LogP contribution in [-0.2, 0) is 0 Å². The van der Waals surface area contributed by atoms with E-state index < -0.39 is 0 Å². The van der Waals surface area contributed by atoms with Gasteiger partial charge in [0.15, 0.2) is 17.3 Å². The molecule has 29 heavy (non-hydrogen) atoms. The summed E-state index contributed by atoms with van der Waals surface area (Å²) < 4.78 is 11.9. The zero-order valence-corrected chi connectivity index (χ0v) is 16.4. The first-order valence-corrected chi connectivity index (χ1v) is 9.81. The van der Waals surface area contributed by atoms with Crippen molar-refractivity contribution in [3.8, 4) is 11.5 Å². The maximum atomic E-state index is 6.27. The number of anilines is 3. The quantitative estimate of drug-likeness (QED) is 0.654. The third kappa shape index (κ3) is 4.90. The molecule has 8 heteroatoms. The largest absolute Gasteiger partial charge is 0.490 e. The van der Waals surface area contributed by atoms with Crippen LogP contribution in [0.4, 0.5) is 17.6 Å². The Hall–Kier alpha value is -3.42. The van der Waals surface area contributed by atoms with E-state index in [0.29, 0.717) is 18.4 Å². The molecule has 0 saturated carbocycles. The summed E-state index contributed by atoms with van der Waals surface area (Å²) in [5, 5.41) is 3.09. The molecule has 1 N–H and O–H groups in total. The summed E-state index contributed by atoms with van der Waals surface area (Å²) in [6.07, 6.45) is 8.85. The molecule has 3 heterocycles. The van der Waals surface area contributed by atoms with E-state index >= 15 is 0 Å². The van der Waals surface area contributed by atoms with Crippen LogP contribution in [0.3, 0.4) is 0 Å². The van der Waals surface area contributed by atoms with Crippen molar-refractivity contribution >= 4 is 17.6 Å². The summed E-state index contributed by atoms with van der Waals surface area (Å²) in [5.41, 5.74) is 0. The maximum absolute atomic E-state index is 6.27. The predicted octanol–water partition coefficient (Wildman–Crippen LogP) is 3.46. The van der Waals surface area contributed by atoms with Gasteiger partial charge in [0.2, 0.25) is 5.95 Å². The molecule has 0 bridgehead atoms. The molecule has 1 fully saturated rings. The van der Waals surface area contributed by atoms with Crippen LogP contribution in [0.2, 0.25) is 0 Å². The molecule has 0 radical (unpaired) electrons. The summed E-state index contributed by atoms with van der Waals surface area (Å²) in [4.78, 5) is 19.5. The fourth-order valence-corrected chi connectivity index (χ4v) is 3.29. The third-order valence-electron chi connectivity index (χ3n) is 4.57. The van der Waals surface area contributed by atoms with Gasteiger partial charge in [0.05, 0.1) is 25.5 Å². The van der Waals surface area contributed by atoms with E-state index in [1.165, 1.54) is 0 Å². The van der Waals surface area contributed by atoms with Gasteiger partial charge in [-0.1, -0.05) is 12.1 Å². The highest BCUT2D eigenvalue weighted by Gasteiger charge is 2.23. The van der Waals surface area contributed by atoms with Crippen LogP contribution in [0.5, 0.6) is 11.5 Å². The van der Waals surface area contributed by atoms with Crippen molar-refractivity contribution in [2.75, 3.05) is 29.9 Å². The van der Waals surface area contributed by atoms with Gasteiger partial charge in [0.1, 0.15) is 11.9 Å². The zero-order chi connectivity index (χ0) is 19.9. The number of hydrogen-bond acceptors (Lipinski definition) is 8. The Labute approximate surface area is 170 Å². The number of hydrogen-bond donors (Lipinski definition) is 1. The van der Waals surface area contributed by atoms with Crippen molar-refractivity contribution in [1.82, 2.24) is 19.9 Å². The van der Waals surface area contributed by atoms with E-state index in [-0.39, 0.29) is 6.10 Å². The fraction of sp³-hybridized carbons (Fsp3) is 0.333. The highest BCUT2D eigenvalue weighted by molar-refractivity contribution is 5.50. The first-order chi connectivity index (χ1) is 14.3. The van der Waals surface area contributed by atoms with Gasteiger partial charge < -0.3 is 19.7 Å². The molecule has 0 unspecified atom stereocenters. The molecule has 3 aromatic rings. The Morgan fingerprint density at radius 3 is 2.76 bits per heavy atom. The van der Waals surface area contributed by atoms with Crippen LogP contribution in [-0.4, -0.2) is 45.7 Å². The van der Waals surface area contributed by atoms with Crippen molar-refractivity contribution < 1.29 is 9.47 Å². The maximum Gasteiger partial charge on any atom is 0.228 e. The van der Waals surface area contributed by atoms with Crippen molar-refractivity contribution in [3.05, 3.63) is 55.1 Å². The number of benzene rings is 1. The molecular formula is C21H24N6O2. The Morgan fingerprint density at radius 2 is 1.93 bits per heavy atom. The molecule has 4 rings (SSSR count). The van der Waals surface area contributed by atoms with Gasteiger partial charge >= 0.3 is 0 Å². The lowest BCUT2D eigenvalue weighted by Crippen LogP contribution is -2.41. The smallest absolute Gasteiger partial charge is 0.228 e. The molecule has 8 nitrogen and oxygen atoms in total. The van der Waals surface area contributed by atoms with E-state index in [4.69, 9.17) is 9.47 Å². The first-order valence-electron chi connectivity index (χ1n) is 9.81. The molecule has 0 amide bonds. The van der Waals surface area contributed by atoms with Gasteiger partial charge in [-0.05, 0) is 38.0 Å². The van der Waals surface area contributed by atoms with Crippen molar-refractivity contribution in [1.29, 1.82) is 0 Å². The molecule has 0 spiro atoms. The Morgan fingerprint density at radius 1 is 1.10 bits per heavy atom.